The second-order valence-corrected chi connectivity index (χ2v) is 6.41. The summed E-state index contributed by atoms with van der Waals surface area (Å²) in [6.07, 6.45) is 1.63. The Morgan fingerprint density at radius 2 is 2.19 bits per heavy atom. The molecule has 1 N–H and O–H groups in total. The maximum absolute atomic E-state index is 12.8. The molecule has 9 heteroatoms. The molecule has 1 amide bonds. The lowest BCUT2D eigenvalue weighted by molar-refractivity contribution is -0.141. The Kier molecular flexibility index (Phi) is 3.93. The van der Waals surface area contributed by atoms with Gasteiger partial charge in [0.2, 0.25) is 0 Å². The molecule has 3 aromatic heterocycles. The highest BCUT2D eigenvalue weighted by Gasteiger charge is 2.37. The molecule has 1 saturated carbocycles. The molecule has 0 saturated heterocycles. The van der Waals surface area contributed by atoms with Crippen molar-refractivity contribution < 1.29 is 23.8 Å². The van der Waals surface area contributed by atoms with Crippen LogP contribution in [-0.2, 0) is 0 Å². The number of carbonyl (C=O) groups is 1. The number of carbonyl (C=O) groups excluding carboxylic acids is 1. The van der Waals surface area contributed by atoms with E-state index in [0.29, 0.717) is 16.9 Å². The van der Waals surface area contributed by atoms with Crippen LogP contribution in [-0.4, -0.2) is 45.0 Å². The van der Waals surface area contributed by atoms with Crippen molar-refractivity contribution in [2.45, 2.75) is 19.0 Å². The maximum Gasteiger partial charge on any atom is 0.406 e. The molecule has 3 aromatic rings. The number of amides is 1. The van der Waals surface area contributed by atoms with Gasteiger partial charge in [0.1, 0.15) is 24.8 Å². The summed E-state index contributed by atoms with van der Waals surface area (Å²) in [5, 5.41) is 0.734. The molecular weight excluding hydrogens is 349 g/mol. The third-order valence-electron chi connectivity index (χ3n) is 4.27. The Balaban J connectivity index is 0.00000210. The maximum atomic E-state index is 12.8. The summed E-state index contributed by atoms with van der Waals surface area (Å²) in [6, 6.07) is 3.20. The highest BCUT2D eigenvalue weighted by molar-refractivity contribution is 5.95. The normalized spacial score (nSPS) is 14.7. The average Bonchev–Trinajstić information content (AvgIpc) is 3.09. The molecule has 3 heterocycles. The molecular formula is C17H17F3N4O2. The lowest BCUT2D eigenvalue weighted by atomic mass is 10.1. The van der Waals surface area contributed by atoms with Crippen molar-refractivity contribution in [1.29, 1.82) is 0 Å². The first kappa shape index (κ1) is 16.6. The molecule has 0 radical (unpaired) electrons. The Bertz CT molecular complexity index is 949. The Morgan fingerprint density at radius 1 is 1.38 bits per heavy atom. The van der Waals surface area contributed by atoms with E-state index in [9.17, 15) is 18.0 Å². The number of aromatic amines is 1. The SMILES string of the molecule is O=C(c1cc(-c2ncnc3[nH]ccc23)co1)N(CC1CC1)CC(F)(F)F.[HH]. The molecule has 0 unspecified atom stereocenters. The number of fused-ring (bicyclic) bond motifs is 1. The molecule has 6 nitrogen and oxygen atoms in total. The van der Waals surface area contributed by atoms with Crippen LogP contribution < -0.4 is 0 Å². The summed E-state index contributed by atoms with van der Waals surface area (Å²) in [4.78, 5) is 24.6. The summed E-state index contributed by atoms with van der Waals surface area (Å²) in [6.45, 7) is -1.20. The number of hydrogen-bond donors (Lipinski definition) is 1. The van der Waals surface area contributed by atoms with Gasteiger partial charge in [-0.05, 0) is 30.9 Å². The lowest BCUT2D eigenvalue weighted by Crippen LogP contribution is -2.40. The van der Waals surface area contributed by atoms with E-state index in [-0.39, 0.29) is 19.6 Å². The largest absolute Gasteiger partial charge is 0.458 e. The molecule has 0 aromatic carbocycles. The van der Waals surface area contributed by atoms with Crippen molar-refractivity contribution in [3.8, 4) is 11.3 Å². The van der Waals surface area contributed by atoms with E-state index >= 15 is 0 Å². The molecule has 4 rings (SSSR count). The predicted molar refractivity (Wildman–Crippen MR) is 88.4 cm³/mol. The quantitative estimate of drug-likeness (QED) is 0.744. The number of furan rings is 1. The van der Waals surface area contributed by atoms with E-state index in [4.69, 9.17) is 4.42 Å². The van der Waals surface area contributed by atoms with Gasteiger partial charge in [0.25, 0.3) is 5.91 Å². The summed E-state index contributed by atoms with van der Waals surface area (Å²) >= 11 is 0. The average molecular weight is 366 g/mol. The van der Waals surface area contributed by atoms with E-state index in [0.717, 1.165) is 23.1 Å². The van der Waals surface area contributed by atoms with Crippen molar-refractivity contribution >= 4 is 16.9 Å². The third kappa shape index (κ3) is 3.42. The van der Waals surface area contributed by atoms with Gasteiger partial charge in [-0.25, -0.2) is 9.97 Å². The van der Waals surface area contributed by atoms with Crippen LogP contribution in [0.1, 0.15) is 24.8 Å². The molecule has 1 aliphatic carbocycles. The van der Waals surface area contributed by atoms with E-state index in [1.807, 2.05) is 0 Å². The molecule has 0 spiro atoms. The number of halogens is 3. The van der Waals surface area contributed by atoms with Gasteiger partial charge >= 0.3 is 6.18 Å². The van der Waals surface area contributed by atoms with Crippen LogP contribution in [0, 0.1) is 5.92 Å². The number of nitrogens with zero attached hydrogens (tertiary/aromatic N) is 3. The molecule has 0 atom stereocenters. The fraction of sp³-hybridized carbons (Fsp3) is 0.353. The van der Waals surface area contributed by atoms with Gasteiger partial charge in [-0.15, -0.1) is 0 Å². The summed E-state index contributed by atoms with van der Waals surface area (Å²) < 4.78 is 43.7. The first-order chi connectivity index (χ1) is 12.4. The Labute approximate surface area is 147 Å². The van der Waals surface area contributed by atoms with Gasteiger partial charge in [-0.2, -0.15) is 13.2 Å². The fourth-order valence-electron chi connectivity index (χ4n) is 2.88. The van der Waals surface area contributed by atoms with Crippen molar-refractivity contribution in [2.24, 2.45) is 5.92 Å². The molecule has 138 valence electrons. The van der Waals surface area contributed by atoms with Crippen molar-refractivity contribution in [1.82, 2.24) is 19.9 Å². The van der Waals surface area contributed by atoms with Crippen LogP contribution in [0.25, 0.3) is 22.3 Å². The standard InChI is InChI=1S/C17H15F3N4O2.H2/c18-17(19,20)8-24(6-10-1-2-10)16(25)13-5-11(7-26-13)14-12-3-4-21-15(12)23-9-22-14;/h3-5,7,9-10H,1-2,6,8H2,(H,21,22,23);1H. The van der Waals surface area contributed by atoms with Gasteiger partial charge < -0.3 is 14.3 Å². The van der Waals surface area contributed by atoms with Gasteiger partial charge in [-0.3, -0.25) is 4.79 Å². The van der Waals surface area contributed by atoms with Crippen LogP contribution in [0.5, 0.6) is 0 Å². The Morgan fingerprint density at radius 3 is 2.92 bits per heavy atom. The van der Waals surface area contributed by atoms with Crippen molar-refractivity contribution in [3.63, 3.8) is 0 Å². The zero-order chi connectivity index (χ0) is 18.3. The van der Waals surface area contributed by atoms with Crippen molar-refractivity contribution in [3.05, 3.63) is 36.7 Å². The predicted octanol–water partition coefficient (Wildman–Crippen LogP) is 3.88. The number of rotatable bonds is 5. The Hall–Kier alpha value is -2.84. The number of hydrogen-bond acceptors (Lipinski definition) is 4. The number of alkyl halides is 3. The lowest BCUT2D eigenvalue weighted by Gasteiger charge is -2.22. The highest BCUT2D eigenvalue weighted by Crippen LogP contribution is 2.32. The summed E-state index contributed by atoms with van der Waals surface area (Å²) in [7, 11) is 0. The zero-order valence-electron chi connectivity index (χ0n) is 13.6. The number of aromatic nitrogens is 3. The molecule has 0 bridgehead atoms. The van der Waals surface area contributed by atoms with Crippen molar-refractivity contribution in [2.75, 3.05) is 13.1 Å². The summed E-state index contributed by atoms with van der Waals surface area (Å²) in [5.41, 5.74) is 1.68. The first-order valence-corrected chi connectivity index (χ1v) is 8.14. The minimum Gasteiger partial charge on any atom is -0.458 e. The topological polar surface area (TPSA) is 75.0 Å². The van der Waals surface area contributed by atoms with Gasteiger partial charge in [0.15, 0.2) is 5.76 Å². The number of H-pyrrole nitrogens is 1. The van der Waals surface area contributed by atoms with Gasteiger partial charge in [0, 0.05) is 25.1 Å². The van der Waals surface area contributed by atoms with Crippen LogP contribution in [0.3, 0.4) is 0 Å². The molecule has 26 heavy (non-hydrogen) atoms. The summed E-state index contributed by atoms with van der Waals surface area (Å²) in [5.74, 6) is -0.760. The smallest absolute Gasteiger partial charge is 0.406 e. The van der Waals surface area contributed by atoms with Crippen LogP contribution in [0.15, 0.2) is 35.3 Å². The van der Waals surface area contributed by atoms with Gasteiger partial charge in [0.05, 0.1) is 5.69 Å². The highest BCUT2D eigenvalue weighted by atomic mass is 19.4. The van der Waals surface area contributed by atoms with E-state index in [1.165, 1.54) is 18.7 Å². The van der Waals surface area contributed by atoms with Crippen LogP contribution in [0.2, 0.25) is 0 Å². The van der Waals surface area contributed by atoms with E-state index in [2.05, 4.69) is 15.0 Å². The minimum absolute atomic E-state index is 0. The third-order valence-corrected chi connectivity index (χ3v) is 4.27. The monoisotopic (exact) mass is 366 g/mol. The second kappa shape index (κ2) is 6.15. The van der Waals surface area contributed by atoms with E-state index in [1.54, 1.807) is 12.3 Å². The van der Waals surface area contributed by atoms with Crippen LogP contribution in [0.4, 0.5) is 13.2 Å². The fourth-order valence-corrected chi connectivity index (χ4v) is 2.88. The minimum atomic E-state index is -4.45. The van der Waals surface area contributed by atoms with Gasteiger partial charge in [-0.1, -0.05) is 0 Å². The molecule has 0 aliphatic heterocycles. The molecule has 1 aliphatic rings. The molecule has 1 fully saturated rings. The van der Waals surface area contributed by atoms with Crippen LogP contribution >= 0.6 is 0 Å². The second-order valence-electron chi connectivity index (χ2n) is 6.41. The van der Waals surface area contributed by atoms with E-state index < -0.39 is 18.6 Å². The number of nitrogens with one attached hydrogen (secondary N) is 1. The zero-order valence-corrected chi connectivity index (χ0v) is 13.6. The first-order valence-electron chi connectivity index (χ1n) is 8.14.